The van der Waals surface area contributed by atoms with Crippen LogP contribution in [0.2, 0.25) is 0 Å². The van der Waals surface area contributed by atoms with Gasteiger partial charge in [0.05, 0.1) is 0 Å². The Labute approximate surface area is 243 Å². The molecule has 0 bridgehead atoms. The van der Waals surface area contributed by atoms with Gasteiger partial charge in [-0.2, -0.15) is 0 Å². The zero-order valence-electron chi connectivity index (χ0n) is 23.9. The first kappa shape index (κ1) is 24.4. The van der Waals surface area contributed by atoms with Crippen LogP contribution in [0.1, 0.15) is 22.3 Å². The minimum Gasteiger partial charge on any atom is -0.278 e. The number of rotatable bonds is 3. The van der Waals surface area contributed by atoms with Crippen LogP contribution in [0.15, 0.2) is 97.6 Å². The SMILES string of the molecule is Cc1cc(-n2c3ncccc3c3cccnc32)cc(C)c1-c1c(C)cc(-n2c3ncccc3c3cccnc32)cc1C. The van der Waals surface area contributed by atoms with Gasteiger partial charge >= 0.3 is 0 Å². The predicted molar refractivity (Wildman–Crippen MR) is 171 cm³/mol. The van der Waals surface area contributed by atoms with Crippen molar-refractivity contribution >= 4 is 44.1 Å². The summed E-state index contributed by atoms with van der Waals surface area (Å²) < 4.78 is 4.36. The Morgan fingerprint density at radius 2 is 0.667 bits per heavy atom. The molecule has 0 unspecified atom stereocenters. The number of fused-ring (bicyclic) bond motifs is 6. The second-order valence-corrected chi connectivity index (χ2v) is 11.1. The maximum absolute atomic E-state index is 4.75. The summed E-state index contributed by atoms with van der Waals surface area (Å²) >= 11 is 0. The molecule has 6 aromatic heterocycles. The molecular weight excluding hydrogens is 516 g/mol. The van der Waals surface area contributed by atoms with Crippen molar-refractivity contribution in [2.75, 3.05) is 0 Å². The van der Waals surface area contributed by atoms with E-state index in [0.29, 0.717) is 0 Å². The molecule has 0 fully saturated rings. The number of benzene rings is 2. The quantitative estimate of drug-likeness (QED) is 0.224. The highest BCUT2D eigenvalue weighted by atomic mass is 15.1. The van der Waals surface area contributed by atoms with Crippen LogP contribution in [0, 0.1) is 27.7 Å². The van der Waals surface area contributed by atoms with Crippen LogP contribution in [-0.2, 0) is 0 Å². The van der Waals surface area contributed by atoms with Gasteiger partial charge in [0.2, 0.25) is 0 Å². The van der Waals surface area contributed by atoms with Gasteiger partial charge in [0.1, 0.15) is 22.6 Å². The molecule has 0 aliphatic carbocycles. The summed E-state index contributed by atoms with van der Waals surface area (Å²) in [5.41, 5.74) is 13.2. The number of aromatic nitrogens is 6. The molecule has 6 nitrogen and oxygen atoms in total. The molecule has 6 heteroatoms. The van der Waals surface area contributed by atoms with E-state index in [4.69, 9.17) is 19.9 Å². The molecule has 0 saturated carbocycles. The summed E-state index contributed by atoms with van der Waals surface area (Å²) in [6, 6.07) is 25.5. The first-order valence-electron chi connectivity index (χ1n) is 14.1. The first-order chi connectivity index (χ1) is 20.5. The van der Waals surface area contributed by atoms with Crippen LogP contribution in [0.3, 0.4) is 0 Å². The van der Waals surface area contributed by atoms with E-state index in [2.05, 4.69) is 85.4 Å². The van der Waals surface area contributed by atoms with E-state index in [1.54, 1.807) is 0 Å². The van der Waals surface area contributed by atoms with Gasteiger partial charge in [0.25, 0.3) is 0 Å². The van der Waals surface area contributed by atoms with E-state index in [1.165, 1.54) is 33.4 Å². The third kappa shape index (κ3) is 3.45. The maximum atomic E-state index is 4.75. The molecule has 2 aromatic carbocycles. The second kappa shape index (κ2) is 9.08. The van der Waals surface area contributed by atoms with E-state index in [-0.39, 0.29) is 0 Å². The summed E-state index contributed by atoms with van der Waals surface area (Å²) in [6.07, 6.45) is 7.40. The zero-order valence-corrected chi connectivity index (χ0v) is 23.9. The molecule has 0 aliphatic rings. The Hall–Kier alpha value is -5.36. The van der Waals surface area contributed by atoms with Gasteiger partial charge in [0, 0.05) is 57.7 Å². The van der Waals surface area contributed by atoms with Crippen molar-refractivity contribution < 1.29 is 0 Å². The van der Waals surface area contributed by atoms with Crippen molar-refractivity contribution in [2.24, 2.45) is 0 Å². The summed E-state index contributed by atoms with van der Waals surface area (Å²) in [5, 5.41) is 4.43. The van der Waals surface area contributed by atoms with Gasteiger partial charge in [-0.1, -0.05) is 0 Å². The lowest BCUT2D eigenvalue weighted by atomic mass is 9.88. The smallest absolute Gasteiger partial charge is 0.146 e. The normalized spacial score (nSPS) is 11.8. The Bertz CT molecular complexity index is 2040. The third-order valence-corrected chi connectivity index (χ3v) is 8.38. The summed E-state index contributed by atoms with van der Waals surface area (Å²) in [6.45, 7) is 8.81. The maximum Gasteiger partial charge on any atom is 0.146 e. The minimum absolute atomic E-state index is 0.919. The number of aryl methyl sites for hydroxylation is 4. The second-order valence-electron chi connectivity index (χ2n) is 11.1. The molecule has 8 aromatic rings. The van der Waals surface area contributed by atoms with Crippen molar-refractivity contribution in [3.05, 3.63) is 120 Å². The molecule has 0 N–H and O–H groups in total. The first-order valence-corrected chi connectivity index (χ1v) is 14.1. The number of pyridine rings is 4. The number of hydrogen-bond acceptors (Lipinski definition) is 4. The lowest BCUT2D eigenvalue weighted by Gasteiger charge is -2.20. The largest absolute Gasteiger partial charge is 0.278 e. The van der Waals surface area contributed by atoms with Crippen LogP contribution in [0.4, 0.5) is 0 Å². The van der Waals surface area contributed by atoms with Gasteiger partial charge in [-0.15, -0.1) is 0 Å². The molecule has 0 spiro atoms. The lowest BCUT2D eigenvalue weighted by molar-refractivity contribution is 1.09. The standard InChI is InChI=1S/C36H28N6/c1-21-17-25(41-33-27(9-5-13-37-33)28-10-6-14-38-34(28)41)18-22(2)31(21)32-23(3)19-26(20-24(32)4)42-35-29(11-7-15-39-35)30-12-8-16-40-36(30)42/h5-20H,1-4H3. The van der Waals surface area contributed by atoms with Gasteiger partial charge in [0.15, 0.2) is 0 Å². The monoisotopic (exact) mass is 544 g/mol. The van der Waals surface area contributed by atoms with Crippen molar-refractivity contribution in [1.29, 1.82) is 0 Å². The molecule has 0 aliphatic heterocycles. The third-order valence-electron chi connectivity index (χ3n) is 8.38. The fourth-order valence-corrected chi connectivity index (χ4v) is 6.76. The van der Waals surface area contributed by atoms with E-state index >= 15 is 0 Å². The van der Waals surface area contributed by atoms with E-state index in [9.17, 15) is 0 Å². The van der Waals surface area contributed by atoms with Gasteiger partial charge in [-0.05, 0) is 134 Å². The highest BCUT2D eigenvalue weighted by molar-refractivity contribution is 6.07. The van der Waals surface area contributed by atoms with Crippen molar-refractivity contribution in [2.45, 2.75) is 27.7 Å². The van der Waals surface area contributed by atoms with Crippen molar-refractivity contribution in [3.8, 4) is 22.5 Å². The molecule has 0 saturated heterocycles. The van der Waals surface area contributed by atoms with E-state index in [1.807, 2.05) is 49.1 Å². The number of hydrogen-bond donors (Lipinski definition) is 0. The average molecular weight is 545 g/mol. The van der Waals surface area contributed by atoms with Gasteiger partial charge in [-0.25, -0.2) is 19.9 Å². The highest BCUT2D eigenvalue weighted by Crippen LogP contribution is 2.38. The minimum atomic E-state index is 0.919. The fourth-order valence-electron chi connectivity index (χ4n) is 6.76. The average Bonchev–Trinajstić information content (AvgIpc) is 3.51. The van der Waals surface area contributed by atoms with Crippen LogP contribution in [0.5, 0.6) is 0 Å². The van der Waals surface area contributed by atoms with E-state index < -0.39 is 0 Å². The Balaban J connectivity index is 1.31. The molecule has 0 atom stereocenters. The summed E-state index contributed by atoms with van der Waals surface area (Å²) in [7, 11) is 0. The molecular formula is C36H28N6. The van der Waals surface area contributed by atoms with Crippen LogP contribution in [-0.4, -0.2) is 29.1 Å². The van der Waals surface area contributed by atoms with E-state index in [0.717, 1.165) is 55.5 Å². The number of nitrogens with zero attached hydrogens (tertiary/aromatic N) is 6. The molecule has 6 heterocycles. The molecule has 42 heavy (non-hydrogen) atoms. The van der Waals surface area contributed by atoms with Crippen LogP contribution >= 0.6 is 0 Å². The van der Waals surface area contributed by atoms with Gasteiger partial charge in [-0.3, -0.25) is 9.13 Å². The summed E-state index contributed by atoms with van der Waals surface area (Å²) in [5.74, 6) is 0. The fraction of sp³-hybridized carbons (Fsp3) is 0.111. The lowest BCUT2D eigenvalue weighted by Crippen LogP contribution is -2.03. The van der Waals surface area contributed by atoms with Crippen molar-refractivity contribution in [1.82, 2.24) is 29.1 Å². The van der Waals surface area contributed by atoms with Crippen LogP contribution in [0.25, 0.3) is 66.6 Å². The summed E-state index contributed by atoms with van der Waals surface area (Å²) in [4.78, 5) is 19.0. The highest BCUT2D eigenvalue weighted by Gasteiger charge is 2.20. The molecule has 202 valence electrons. The topological polar surface area (TPSA) is 61.4 Å². The van der Waals surface area contributed by atoms with Crippen molar-refractivity contribution in [3.63, 3.8) is 0 Å². The van der Waals surface area contributed by atoms with Gasteiger partial charge < -0.3 is 0 Å². The van der Waals surface area contributed by atoms with Crippen LogP contribution < -0.4 is 0 Å². The zero-order chi connectivity index (χ0) is 28.5. The Morgan fingerprint density at radius 3 is 0.929 bits per heavy atom. The predicted octanol–water partition coefficient (Wildman–Crippen LogP) is 8.36. The molecule has 0 radical (unpaired) electrons. The Kier molecular flexibility index (Phi) is 5.28. The molecule has 0 amide bonds. The molecule has 8 rings (SSSR count). The Morgan fingerprint density at radius 1 is 0.405 bits per heavy atom.